The van der Waals surface area contributed by atoms with Crippen LogP contribution in [0.1, 0.15) is 5.56 Å². The molecule has 0 saturated carbocycles. The van der Waals surface area contributed by atoms with E-state index in [1.54, 1.807) is 21.3 Å². The minimum atomic E-state index is 0.572. The van der Waals surface area contributed by atoms with E-state index in [9.17, 15) is 0 Å². The van der Waals surface area contributed by atoms with Crippen LogP contribution < -0.4 is 15.0 Å². The van der Waals surface area contributed by atoms with Crippen molar-refractivity contribution in [2.24, 2.45) is 0 Å². The normalized spacial score (nSPS) is 10.1. The quantitative estimate of drug-likeness (QED) is 0.836. The molecule has 0 heterocycles. The van der Waals surface area contributed by atoms with Crippen molar-refractivity contribution in [3.8, 4) is 11.5 Å². The number of benzene rings is 1. The SMILES string of the molecule is CONCc1cc(Br)c(OC)cc1OC. The van der Waals surface area contributed by atoms with Crippen LogP contribution in [0.4, 0.5) is 0 Å². The molecular weight excluding hydrogens is 262 g/mol. The summed E-state index contributed by atoms with van der Waals surface area (Å²) in [4.78, 5) is 4.79. The van der Waals surface area contributed by atoms with Crippen LogP contribution in [0.25, 0.3) is 0 Å². The fourth-order valence-electron chi connectivity index (χ4n) is 1.21. The average Bonchev–Trinajstić information content (AvgIpc) is 2.26. The van der Waals surface area contributed by atoms with Crippen LogP contribution in [0.3, 0.4) is 0 Å². The fraction of sp³-hybridized carbons (Fsp3) is 0.400. The van der Waals surface area contributed by atoms with Gasteiger partial charge in [-0.05, 0) is 22.0 Å². The number of hydrogen-bond acceptors (Lipinski definition) is 4. The van der Waals surface area contributed by atoms with Gasteiger partial charge in [-0.1, -0.05) is 0 Å². The van der Waals surface area contributed by atoms with Crippen LogP contribution >= 0.6 is 15.9 Å². The summed E-state index contributed by atoms with van der Waals surface area (Å²) in [5.74, 6) is 1.51. The summed E-state index contributed by atoms with van der Waals surface area (Å²) in [7, 11) is 4.82. The molecule has 0 aliphatic rings. The highest BCUT2D eigenvalue weighted by Crippen LogP contribution is 2.32. The second kappa shape index (κ2) is 5.95. The molecule has 1 aromatic rings. The lowest BCUT2D eigenvalue weighted by Crippen LogP contribution is -2.11. The Labute approximate surface area is 97.6 Å². The van der Waals surface area contributed by atoms with Crippen LogP contribution in [-0.4, -0.2) is 21.3 Å². The van der Waals surface area contributed by atoms with Crippen molar-refractivity contribution in [2.45, 2.75) is 6.54 Å². The van der Waals surface area contributed by atoms with Gasteiger partial charge < -0.3 is 14.3 Å². The van der Waals surface area contributed by atoms with Crippen LogP contribution in [0.15, 0.2) is 16.6 Å². The third-order valence-corrected chi connectivity index (χ3v) is 2.58. The van der Waals surface area contributed by atoms with E-state index in [1.807, 2.05) is 12.1 Å². The zero-order valence-corrected chi connectivity index (χ0v) is 10.6. The standard InChI is InChI=1S/C10H14BrNO3/c1-13-9-5-10(14-2)8(11)4-7(9)6-12-15-3/h4-5,12H,6H2,1-3H3. The maximum atomic E-state index is 5.24. The maximum absolute atomic E-state index is 5.24. The molecule has 0 atom stereocenters. The number of methoxy groups -OCH3 is 2. The first-order valence-corrected chi connectivity index (χ1v) is 5.18. The molecule has 0 amide bonds. The van der Waals surface area contributed by atoms with Crippen LogP contribution in [0.2, 0.25) is 0 Å². The number of hydroxylamine groups is 1. The summed E-state index contributed by atoms with van der Waals surface area (Å²) < 4.78 is 11.3. The molecule has 84 valence electrons. The Kier molecular flexibility index (Phi) is 4.87. The largest absolute Gasteiger partial charge is 0.496 e. The van der Waals surface area contributed by atoms with Gasteiger partial charge in [-0.15, -0.1) is 0 Å². The van der Waals surface area contributed by atoms with Crippen molar-refractivity contribution in [3.63, 3.8) is 0 Å². The van der Waals surface area contributed by atoms with E-state index in [2.05, 4.69) is 21.4 Å². The topological polar surface area (TPSA) is 39.7 Å². The predicted octanol–water partition coefficient (Wildman–Crippen LogP) is 2.12. The van der Waals surface area contributed by atoms with E-state index in [1.165, 1.54) is 0 Å². The highest BCUT2D eigenvalue weighted by molar-refractivity contribution is 9.10. The minimum absolute atomic E-state index is 0.572. The monoisotopic (exact) mass is 275 g/mol. The molecule has 0 unspecified atom stereocenters. The van der Waals surface area contributed by atoms with Gasteiger partial charge in [-0.2, -0.15) is 5.48 Å². The Hall–Kier alpha value is -0.780. The molecule has 0 radical (unpaired) electrons. The molecule has 0 fully saturated rings. The average molecular weight is 276 g/mol. The molecule has 0 aliphatic heterocycles. The van der Waals surface area contributed by atoms with E-state index in [0.717, 1.165) is 21.5 Å². The van der Waals surface area contributed by atoms with Crippen molar-refractivity contribution < 1.29 is 14.3 Å². The number of rotatable bonds is 5. The van der Waals surface area contributed by atoms with Crippen LogP contribution in [0.5, 0.6) is 11.5 Å². The highest BCUT2D eigenvalue weighted by Gasteiger charge is 2.08. The van der Waals surface area contributed by atoms with Crippen molar-refractivity contribution in [1.82, 2.24) is 5.48 Å². The van der Waals surface area contributed by atoms with Gasteiger partial charge in [0.25, 0.3) is 0 Å². The molecule has 1 rings (SSSR count). The zero-order valence-electron chi connectivity index (χ0n) is 8.96. The minimum Gasteiger partial charge on any atom is -0.496 e. The summed E-state index contributed by atoms with van der Waals surface area (Å²) in [6.45, 7) is 0.572. The summed E-state index contributed by atoms with van der Waals surface area (Å²) in [6, 6.07) is 3.76. The van der Waals surface area contributed by atoms with Crippen molar-refractivity contribution in [2.75, 3.05) is 21.3 Å². The smallest absolute Gasteiger partial charge is 0.136 e. The second-order valence-corrected chi connectivity index (χ2v) is 3.68. The Morgan fingerprint density at radius 1 is 1.13 bits per heavy atom. The van der Waals surface area contributed by atoms with E-state index >= 15 is 0 Å². The van der Waals surface area contributed by atoms with E-state index in [0.29, 0.717) is 6.54 Å². The maximum Gasteiger partial charge on any atom is 0.136 e. The van der Waals surface area contributed by atoms with Crippen molar-refractivity contribution in [3.05, 3.63) is 22.2 Å². The van der Waals surface area contributed by atoms with E-state index in [4.69, 9.17) is 14.3 Å². The molecule has 4 nitrogen and oxygen atoms in total. The number of nitrogens with one attached hydrogen (secondary N) is 1. The molecular formula is C10H14BrNO3. The summed E-state index contributed by atoms with van der Waals surface area (Å²) in [5.41, 5.74) is 3.75. The van der Waals surface area contributed by atoms with Gasteiger partial charge in [-0.3, -0.25) is 0 Å². The molecule has 15 heavy (non-hydrogen) atoms. The Morgan fingerprint density at radius 2 is 1.80 bits per heavy atom. The molecule has 0 aliphatic carbocycles. The number of halogens is 1. The highest BCUT2D eigenvalue weighted by atomic mass is 79.9. The molecule has 1 aromatic carbocycles. The lowest BCUT2D eigenvalue weighted by Gasteiger charge is -2.12. The number of hydrogen-bond donors (Lipinski definition) is 1. The van der Waals surface area contributed by atoms with Gasteiger partial charge in [0.2, 0.25) is 0 Å². The Balaban J connectivity index is 2.98. The predicted molar refractivity (Wildman–Crippen MR) is 61.1 cm³/mol. The van der Waals surface area contributed by atoms with E-state index < -0.39 is 0 Å². The third-order valence-electron chi connectivity index (χ3n) is 1.96. The van der Waals surface area contributed by atoms with Gasteiger partial charge in [-0.25, -0.2) is 0 Å². The summed E-state index contributed by atoms with van der Waals surface area (Å²) in [5, 5.41) is 0. The van der Waals surface area contributed by atoms with E-state index in [-0.39, 0.29) is 0 Å². The first kappa shape index (κ1) is 12.3. The third kappa shape index (κ3) is 3.09. The van der Waals surface area contributed by atoms with Crippen molar-refractivity contribution in [1.29, 1.82) is 0 Å². The van der Waals surface area contributed by atoms with Gasteiger partial charge in [0.15, 0.2) is 0 Å². The van der Waals surface area contributed by atoms with Gasteiger partial charge in [0.05, 0.1) is 25.8 Å². The fourth-order valence-corrected chi connectivity index (χ4v) is 1.76. The zero-order chi connectivity index (χ0) is 11.3. The number of ether oxygens (including phenoxy) is 2. The first-order valence-electron chi connectivity index (χ1n) is 4.39. The first-order chi connectivity index (χ1) is 7.22. The summed E-state index contributed by atoms with van der Waals surface area (Å²) >= 11 is 3.41. The van der Waals surface area contributed by atoms with Crippen molar-refractivity contribution >= 4 is 15.9 Å². The molecule has 0 spiro atoms. The van der Waals surface area contributed by atoms with Gasteiger partial charge >= 0.3 is 0 Å². The Morgan fingerprint density at radius 3 is 2.33 bits per heavy atom. The molecule has 1 N–H and O–H groups in total. The summed E-state index contributed by atoms with van der Waals surface area (Å²) in [6.07, 6.45) is 0. The van der Waals surface area contributed by atoms with Crippen LogP contribution in [0, 0.1) is 0 Å². The second-order valence-electron chi connectivity index (χ2n) is 2.82. The lowest BCUT2D eigenvalue weighted by atomic mass is 10.2. The lowest BCUT2D eigenvalue weighted by molar-refractivity contribution is 0.0861. The van der Waals surface area contributed by atoms with Gasteiger partial charge in [0, 0.05) is 18.2 Å². The molecule has 0 saturated heterocycles. The Bertz CT molecular complexity index is 331. The van der Waals surface area contributed by atoms with Crippen LogP contribution in [-0.2, 0) is 11.4 Å². The molecule has 0 aromatic heterocycles. The molecule has 5 heteroatoms. The van der Waals surface area contributed by atoms with Gasteiger partial charge in [0.1, 0.15) is 11.5 Å². The molecule has 0 bridgehead atoms.